The van der Waals surface area contributed by atoms with Crippen LogP contribution in [0.15, 0.2) is 18.6 Å². The third-order valence-electron chi connectivity index (χ3n) is 5.86. The van der Waals surface area contributed by atoms with Gasteiger partial charge < -0.3 is 15.0 Å². The Kier molecular flexibility index (Phi) is 4.35. The molecule has 28 heavy (non-hydrogen) atoms. The van der Waals surface area contributed by atoms with Crippen LogP contribution < -0.4 is 10.2 Å². The fourth-order valence-electron chi connectivity index (χ4n) is 4.10. The van der Waals surface area contributed by atoms with Crippen LogP contribution in [0.4, 0.5) is 11.5 Å². The van der Waals surface area contributed by atoms with Crippen molar-refractivity contribution in [3.05, 3.63) is 41.0 Å². The number of hydrogen-bond acceptors (Lipinski definition) is 7. The second-order valence-corrected chi connectivity index (χ2v) is 7.69. The molecule has 146 valence electrons. The van der Waals surface area contributed by atoms with Crippen LogP contribution in [-0.4, -0.2) is 50.6 Å². The molecule has 2 aliphatic rings. The van der Waals surface area contributed by atoms with Gasteiger partial charge in [-0.05, 0) is 38.3 Å². The molecule has 2 aliphatic heterocycles. The van der Waals surface area contributed by atoms with Crippen molar-refractivity contribution in [3.63, 3.8) is 0 Å². The first-order valence-electron chi connectivity index (χ1n) is 9.94. The lowest BCUT2D eigenvalue weighted by molar-refractivity contribution is 0.120. The predicted octanol–water partition coefficient (Wildman–Crippen LogP) is 2.29. The molecular formula is C20H25N7O. The molecule has 1 fully saturated rings. The molecule has 0 aromatic carbocycles. The number of rotatable bonds is 4. The van der Waals surface area contributed by atoms with Crippen molar-refractivity contribution < 1.29 is 4.74 Å². The molecule has 0 radical (unpaired) electrons. The first-order valence-corrected chi connectivity index (χ1v) is 9.94. The van der Waals surface area contributed by atoms with E-state index in [1.54, 1.807) is 10.8 Å². The van der Waals surface area contributed by atoms with Crippen LogP contribution in [-0.2, 0) is 17.7 Å². The zero-order valence-corrected chi connectivity index (χ0v) is 16.4. The van der Waals surface area contributed by atoms with Gasteiger partial charge in [0.05, 0.1) is 18.0 Å². The van der Waals surface area contributed by atoms with Crippen LogP contribution in [0.3, 0.4) is 0 Å². The highest BCUT2D eigenvalue weighted by Crippen LogP contribution is 2.28. The lowest BCUT2D eigenvalue weighted by Crippen LogP contribution is -2.33. The third kappa shape index (κ3) is 3.07. The molecule has 1 N–H and O–H groups in total. The maximum absolute atomic E-state index is 5.70. The minimum absolute atomic E-state index is 0.317. The summed E-state index contributed by atoms with van der Waals surface area (Å²) in [4.78, 5) is 7.03. The number of fused-ring (bicyclic) bond motifs is 2. The summed E-state index contributed by atoms with van der Waals surface area (Å²) < 4.78 is 7.47. The largest absolute Gasteiger partial charge is 0.381 e. The Morgan fingerprint density at radius 2 is 2.21 bits per heavy atom. The van der Waals surface area contributed by atoms with E-state index in [9.17, 15) is 0 Å². The fourth-order valence-corrected chi connectivity index (χ4v) is 4.10. The standard InChI is InChI=1S/C20H25N7O/c1-13-14(2)20(25-27-12-23-24-19(13)27)26-6-5-18-15(11-26)8-16(9-22-18)21-10-17-4-3-7-28-17/h8-9,12,17,21H,3-7,10-11H2,1-2H3. The van der Waals surface area contributed by atoms with Gasteiger partial charge in [0, 0.05) is 49.5 Å². The lowest BCUT2D eigenvalue weighted by atomic mass is 10.0. The summed E-state index contributed by atoms with van der Waals surface area (Å²) in [6, 6.07) is 2.23. The van der Waals surface area contributed by atoms with Crippen LogP contribution in [0.5, 0.6) is 0 Å². The van der Waals surface area contributed by atoms with Crippen molar-refractivity contribution in [2.45, 2.75) is 45.8 Å². The van der Waals surface area contributed by atoms with Gasteiger partial charge in [-0.1, -0.05) is 0 Å². The Balaban J connectivity index is 1.38. The molecule has 5 heterocycles. The molecule has 1 saturated heterocycles. The fraction of sp³-hybridized carbons (Fsp3) is 0.500. The van der Waals surface area contributed by atoms with E-state index in [1.165, 1.54) is 11.3 Å². The van der Waals surface area contributed by atoms with Crippen LogP contribution in [0.2, 0.25) is 0 Å². The summed E-state index contributed by atoms with van der Waals surface area (Å²) >= 11 is 0. The second kappa shape index (κ2) is 7.01. The molecule has 3 aromatic heterocycles. The van der Waals surface area contributed by atoms with Crippen LogP contribution in [0.1, 0.15) is 35.2 Å². The maximum Gasteiger partial charge on any atom is 0.180 e. The molecule has 0 aliphatic carbocycles. The van der Waals surface area contributed by atoms with Gasteiger partial charge in [-0.25, -0.2) is 0 Å². The molecule has 8 nitrogen and oxygen atoms in total. The highest BCUT2D eigenvalue weighted by atomic mass is 16.5. The van der Waals surface area contributed by atoms with E-state index in [1.807, 2.05) is 6.20 Å². The topological polar surface area (TPSA) is 80.5 Å². The molecule has 5 rings (SSSR count). The zero-order valence-electron chi connectivity index (χ0n) is 16.4. The van der Waals surface area contributed by atoms with E-state index in [4.69, 9.17) is 14.8 Å². The average Bonchev–Trinajstić information content (AvgIpc) is 3.40. The van der Waals surface area contributed by atoms with E-state index in [2.05, 4.69) is 40.3 Å². The van der Waals surface area contributed by atoms with Gasteiger partial charge in [0.15, 0.2) is 11.5 Å². The number of hydrogen-bond donors (Lipinski definition) is 1. The Hall–Kier alpha value is -2.74. The molecule has 0 bridgehead atoms. The number of anilines is 2. The van der Waals surface area contributed by atoms with E-state index in [-0.39, 0.29) is 0 Å². The van der Waals surface area contributed by atoms with E-state index in [0.717, 1.165) is 73.8 Å². The smallest absolute Gasteiger partial charge is 0.180 e. The average molecular weight is 379 g/mol. The van der Waals surface area contributed by atoms with Crippen LogP contribution >= 0.6 is 0 Å². The summed E-state index contributed by atoms with van der Waals surface area (Å²) in [6.45, 7) is 7.62. The monoisotopic (exact) mass is 379 g/mol. The Morgan fingerprint density at radius 3 is 3.07 bits per heavy atom. The van der Waals surface area contributed by atoms with Gasteiger partial charge in [0.25, 0.3) is 0 Å². The number of ether oxygens (including phenoxy) is 1. The second-order valence-electron chi connectivity index (χ2n) is 7.69. The van der Waals surface area contributed by atoms with E-state index < -0.39 is 0 Å². The summed E-state index contributed by atoms with van der Waals surface area (Å²) in [6.07, 6.45) is 7.14. The SMILES string of the molecule is Cc1c(N2CCc3ncc(NCC4CCCO4)cc3C2)nn2cnnc2c1C. The molecule has 0 saturated carbocycles. The van der Waals surface area contributed by atoms with Gasteiger partial charge in [-0.15, -0.1) is 15.3 Å². The van der Waals surface area contributed by atoms with Crippen molar-refractivity contribution >= 4 is 17.2 Å². The highest BCUT2D eigenvalue weighted by Gasteiger charge is 2.23. The first-order chi connectivity index (χ1) is 13.7. The Bertz CT molecular complexity index is 1010. The number of aryl methyl sites for hydroxylation is 1. The van der Waals surface area contributed by atoms with Crippen LogP contribution in [0, 0.1) is 13.8 Å². The van der Waals surface area contributed by atoms with E-state index >= 15 is 0 Å². The summed E-state index contributed by atoms with van der Waals surface area (Å²) in [5.41, 5.74) is 6.60. The minimum atomic E-state index is 0.317. The normalized spacial score (nSPS) is 19.2. The van der Waals surface area contributed by atoms with Gasteiger partial charge in [0.1, 0.15) is 6.33 Å². The predicted molar refractivity (Wildman–Crippen MR) is 107 cm³/mol. The maximum atomic E-state index is 5.70. The van der Waals surface area contributed by atoms with Crippen molar-refractivity contribution in [3.8, 4) is 0 Å². The van der Waals surface area contributed by atoms with Gasteiger partial charge >= 0.3 is 0 Å². The van der Waals surface area contributed by atoms with E-state index in [0.29, 0.717) is 6.10 Å². The number of nitrogens with zero attached hydrogens (tertiary/aromatic N) is 6. The van der Waals surface area contributed by atoms with Crippen LogP contribution in [0.25, 0.3) is 5.65 Å². The molecule has 0 spiro atoms. The molecular weight excluding hydrogens is 354 g/mol. The Labute approximate surface area is 163 Å². The summed E-state index contributed by atoms with van der Waals surface area (Å²) in [5.74, 6) is 0.994. The third-order valence-corrected chi connectivity index (χ3v) is 5.86. The number of pyridine rings is 1. The number of aromatic nitrogens is 5. The molecule has 1 atom stereocenters. The van der Waals surface area contributed by atoms with Gasteiger partial charge in [-0.2, -0.15) is 4.52 Å². The van der Waals surface area contributed by atoms with Crippen molar-refractivity contribution in [2.24, 2.45) is 0 Å². The van der Waals surface area contributed by atoms with Gasteiger partial charge in [-0.3, -0.25) is 4.98 Å². The quantitative estimate of drug-likeness (QED) is 0.745. The molecule has 0 amide bonds. The van der Waals surface area contributed by atoms with Crippen molar-refractivity contribution in [2.75, 3.05) is 29.9 Å². The minimum Gasteiger partial charge on any atom is -0.381 e. The molecule has 1 unspecified atom stereocenters. The zero-order chi connectivity index (χ0) is 19.1. The summed E-state index contributed by atoms with van der Waals surface area (Å²) in [5, 5.41) is 16.4. The Morgan fingerprint density at radius 1 is 1.29 bits per heavy atom. The highest BCUT2D eigenvalue weighted by molar-refractivity contribution is 5.60. The first kappa shape index (κ1) is 17.4. The van der Waals surface area contributed by atoms with Crippen molar-refractivity contribution in [1.82, 2.24) is 24.8 Å². The molecule has 8 heteroatoms. The number of nitrogens with one attached hydrogen (secondary N) is 1. The molecule has 3 aromatic rings. The lowest BCUT2D eigenvalue weighted by Gasteiger charge is -2.30. The van der Waals surface area contributed by atoms with Gasteiger partial charge in [0.2, 0.25) is 0 Å². The summed E-state index contributed by atoms with van der Waals surface area (Å²) in [7, 11) is 0. The van der Waals surface area contributed by atoms with Crippen molar-refractivity contribution in [1.29, 1.82) is 0 Å².